The zero-order valence-electron chi connectivity index (χ0n) is 21.0. The number of nitrogens with one attached hydrogen (secondary N) is 1. The molecule has 38 heavy (non-hydrogen) atoms. The molecule has 0 saturated carbocycles. The van der Waals surface area contributed by atoms with Gasteiger partial charge in [0.1, 0.15) is 0 Å². The molecule has 9 heteroatoms. The standard InChI is InChI=1S/C29H27F3N2O4/c1-3-37-23-14-17-12-13-34-26(22(17)16-24(23)38-4-2)25(20-10-5-6-11-21(20)28(34)36)27(35)33-19-9-7-8-18(15-19)29(30,31)32/h5-11,14-16,25-26H,3-4,12-13H2,1-2H3,(H,33,35)/t25-,26-/m1/s1. The molecule has 0 radical (unpaired) electrons. The molecule has 0 spiro atoms. The van der Waals surface area contributed by atoms with Gasteiger partial charge in [-0.25, -0.2) is 0 Å². The van der Waals surface area contributed by atoms with E-state index >= 15 is 0 Å². The van der Waals surface area contributed by atoms with Crippen LogP contribution in [0.2, 0.25) is 0 Å². The van der Waals surface area contributed by atoms with E-state index in [2.05, 4.69) is 5.32 Å². The fraction of sp³-hybridized carbons (Fsp3) is 0.310. The van der Waals surface area contributed by atoms with Crippen LogP contribution >= 0.6 is 0 Å². The molecule has 5 rings (SSSR count). The maximum atomic E-state index is 13.9. The highest BCUT2D eigenvalue weighted by Gasteiger charge is 2.46. The topological polar surface area (TPSA) is 67.9 Å². The highest BCUT2D eigenvalue weighted by Crippen LogP contribution is 2.48. The third kappa shape index (κ3) is 4.57. The maximum absolute atomic E-state index is 13.9. The molecule has 6 nitrogen and oxygen atoms in total. The molecule has 2 aliphatic rings. The van der Waals surface area contributed by atoms with E-state index in [4.69, 9.17) is 9.47 Å². The van der Waals surface area contributed by atoms with Crippen molar-refractivity contribution in [2.24, 2.45) is 0 Å². The van der Waals surface area contributed by atoms with Gasteiger partial charge in [0.2, 0.25) is 5.91 Å². The molecule has 0 unspecified atom stereocenters. The van der Waals surface area contributed by atoms with Crippen LogP contribution in [-0.2, 0) is 17.4 Å². The quantitative estimate of drug-likeness (QED) is 0.431. The minimum atomic E-state index is -4.54. The first kappa shape index (κ1) is 25.6. The summed E-state index contributed by atoms with van der Waals surface area (Å²) in [5.41, 5.74) is 1.81. The van der Waals surface area contributed by atoms with Gasteiger partial charge in [0, 0.05) is 17.8 Å². The van der Waals surface area contributed by atoms with E-state index in [9.17, 15) is 22.8 Å². The van der Waals surface area contributed by atoms with Gasteiger partial charge in [-0.2, -0.15) is 13.2 Å². The van der Waals surface area contributed by atoms with Gasteiger partial charge in [-0.15, -0.1) is 0 Å². The van der Waals surface area contributed by atoms with Gasteiger partial charge in [-0.1, -0.05) is 24.3 Å². The molecule has 2 atom stereocenters. The number of nitrogens with zero attached hydrogens (tertiary/aromatic N) is 1. The number of benzene rings is 3. The lowest BCUT2D eigenvalue weighted by Crippen LogP contribution is -2.49. The number of amides is 2. The lowest BCUT2D eigenvalue weighted by atomic mass is 9.75. The highest BCUT2D eigenvalue weighted by molar-refractivity contribution is 6.04. The Morgan fingerprint density at radius 3 is 2.39 bits per heavy atom. The number of hydrogen-bond acceptors (Lipinski definition) is 4. The van der Waals surface area contributed by atoms with E-state index in [1.165, 1.54) is 12.1 Å². The van der Waals surface area contributed by atoms with Crippen LogP contribution in [-0.4, -0.2) is 36.5 Å². The normalized spacial score (nSPS) is 18.2. The molecule has 2 amide bonds. The second-order valence-corrected chi connectivity index (χ2v) is 9.19. The van der Waals surface area contributed by atoms with Crippen molar-refractivity contribution in [3.05, 3.63) is 88.5 Å². The number of halogens is 3. The number of carbonyl (C=O) groups excluding carboxylic acids is 2. The molecule has 2 aliphatic heterocycles. The van der Waals surface area contributed by atoms with Crippen molar-refractivity contribution in [3.63, 3.8) is 0 Å². The minimum Gasteiger partial charge on any atom is -0.490 e. The molecule has 1 N–H and O–H groups in total. The van der Waals surface area contributed by atoms with Gasteiger partial charge in [0.05, 0.1) is 30.7 Å². The van der Waals surface area contributed by atoms with Crippen molar-refractivity contribution in [2.45, 2.75) is 38.4 Å². The van der Waals surface area contributed by atoms with Crippen LogP contribution < -0.4 is 14.8 Å². The molecule has 0 fully saturated rings. The zero-order chi connectivity index (χ0) is 27.0. The first-order valence-corrected chi connectivity index (χ1v) is 12.5. The summed E-state index contributed by atoms with van der Waals surface area (Å²) < 4.78 is 51.5. The van der Waals surface area contributed by atoms with Crippen LogP contribution in [0.4, 0.5) is 18.9 Å². The Morgan fingerprint density at radius 2 is 1.68 bits per heavy atom. The molecule has 3 aromatic rings. The first-order valence-electron chi connectivity index (χ1n) is 12.5. The Morgan fingerprint density at radius 1 is 0.974 bits per heavy atom. The Labute approximate surface area is 218 Å². The van der Waals surface area contributed by atoms with Crippen LogP contribution in [0.25, 0.3) is 0 Å². The molecular weight excluding hydrogens is 497 g/mol. The van der Waals surface area contributed by atoms with Crippen LogP contribution in [0.15, 0.2) is 60.7 Å². The summed E-state index contributed by atoms with van der Waals surface area (Å²) in [6.45, 7) is 4.96. The molecule has 3 aromatic carbocycles. The second-order valence-electron chi connectivity index (χ2n) is 9.19. The van der Waals surface area contributed by atoms with E-state index < -0.39 is 29.6 Å². The van der Waals surface area contributed by atoms with Gasteiger partial charge in [-0.3, -0.25) is 9.59 Å². The summed E-state index contributed by atoms with van der Waals surface area (Å²) in [5.74, 6) is -0.442. The van der Waals surface area contributed by atoms with Gasteiger partial charge in [0.15, 0.2) is 11.5 Å². The maximum Gasteiger partial charge on any atom is 0.416 e. The monoisotopic (exact) mass is 524 g/mol. The van der Waals surface area contributed by atoms with Crippen molar-refractivity contribution in [1.29, 1.82) is 0 Å². The highest BCUT2D eigenvalue weighted by atomic mass is 19.4. The van der Waals surface area contributed by atoms with Gasteiger partial charge >= 0.3 is 6.18 Å². The average Bonchev–Trinajstić information content (AvgIpc) is 2.89. The summed E-state index contributed by atoms with van der Waals surface area (Å²) in [6.07, 6.45) is -3.98. The first-order chi connectivity index (χ1) is 18.2. The van der Waals surface area contributed by atoms with E-state index in [0.29, 0.717) is 48.8 Å². The van der Waals surface area contributed by atoms with Crippen molar-refractivity contribution in [3.8, 4) is 11.5 Å². The number of hydrogen-bond donors (Lipinski definition) is 1. The Hall–Kier alpha value is -4.01. The summed E-state index contributed by atoms with van der Waals surface area (Å²) in [6, 6.07) is 14.5. The third-order valence-corrected chi connectivity index (χ3v) is 6.92. The van der Waals surface area contributed by atoms with E-state index in [0.717, 1.165) is 23.3 Å². The smallest absolute Gasteiger partial charge is 0.416 e. The summed E-state index contributed by atoms with van der Waals surface area (Å²) in [4.78, 5) is 29.1. The van der Waals surface area contributed by atoms with E-state index in [1.54, 1.807) is 29.2 Å². The zero-order valence-corrected chi connectivity index (χ0v) is 21.0. The van der Waals surface area contributed by atoms with Crippen molar-refractivity contribution in [2.75, 3.05) is 25.1 Å². The molecule has 0 saturated heterocycles. The van der Waals surface area contributed by atoms with Gasteiger partial charge < -0.3 is 19.7 Å². The van der Waals surface area contributed by atoms with Crippen LogP contribution in [0.1, 0.15) is 58.4 Å². The van der Waals surface area contributed by atoms with Crippen LogP contribution in [0.5, 0.6) is 11.5 Å². The van der Waals surface area contributed by atoms with Gasteiger partial charge in [-0.05, 0) is 73.4 Å². The van der Waals surface area contributed by atoms with E-state index in [-0.39, 0.29) is 11.6 Å². The Balaban J connectivity index is 1.61. The number of rotatable bonds is 6. The number of fused-ring (bicyclic) bond motifs is 4. The minimum absolute atomic E-state index is 0.0310. The van der Waals surface area contributed by atoms with E-state index in [1.807, 2.05) is 26.0 Å². The van der Waals surface area contributed by atoms with Crippen LogP contribution in [0, 0.1) is 0 Å². The number of carbonyl (C=O) groups is 2. The SMILES string of the molecule is CCOc1cc2c(cc1OCC)[C@@H]1[C@H](C(=O)Nc3cccc(C(F)(F)F)c3)c3ccccc3C(=O)N1CC2. The molecular formula is C29H27F3N2O4. The fourth-order valence-electron chi connectivity index (χ4n) is 5.35. The Kier molecular flexibility index (Phi) is 6.77. The predicted octanol–water partition coefficient (Wildman–Crippen LogP) is 5.98. The fourth-order valence-corrected chi connectivity index (χ4v) is 5.35. The second kappa shape index (κ2) is 10.0. The third-order valence-electron chi connectivity index (χ3n) is 6.92. The van der Waals surface area contributed by atoms with Crippen molar-refractivity contribution in [1.82, 2.24) is 4.90 Å². The van der Waals surface area contributed by atoms with Crippen LogP contribution in [0.3, 0.4) is 0 Å². The predicted molar refractivity (Wildman–Crippen MR) is 136 cm³/mol. The van der Waals surface area contributed by atoms with Crippen molar-refractivity contribution >= 4 is 17.5 Å². The van der Waals surface area contributed by atoms with Gasteiger partial charge in [0.25, 0.3) is 5.91 Å². The number of alkyl halides is 3. The summed E-state index contributed by atoms with van der Waals surface area (Å²) in [5, 5.41) is 2.68. The van der Waals surface area contributed by atoms with Crippen molar-refractivity contribution < 1.29 is 32.2 Å². The number of ether oxygens (including phenoxy) is 2. The molecule has 0 aliphatic carbocycles. The Bertz CT molecular complexity index is 1390. The molecule has 2 heterocycles. The number of anilines is 1. The molecule has 198 valence electrons. The lowest BCUT2D eigenvalue weighted by molar-refractivity contribution is -0.137. The average molecular weight is 525 g/mol. The summed E-state index contributed by atoms with van der Waals surface area (Å²) in [7, 11) is 0. The molecule has 0 aromatic heterocycles. The summed E-state index contributed by atoms with van der Waals surface area (Å²) >= 11 is 0. The lowest BCUT2D eigenvalue weighted by Gasteiger charge is -2.45. The largest absolute Gasteiger partial charge is 0.490 e. The molecule has 0 bridgehead atoms.